The highest BCUT2D eigenvalue weighted by Gasteiger charge is 2.42. The Kier molecular flexibility index (Phi) is 4.35. The van der Waals surface area contributed by atoms with E-state index in [4.69, 9.17) is 14.2 Å². The quantitative estimate of drug-likeness (QED) is 0.866. The van der Waals surface area contributed by atoms with Crippen LogP contribution in [0.25, 0.3) is 0 Å². The molecular weight excluding hydrogens is 322 g/mol. The molecule has 0 fully saturated rings. The van der Waals surface area contributed by atoms with Crippen molar-refractivity contribution in [1.82, 2.24) is 0 Å². The van der Waals surface area contributed by atoms with Gasteiger partial charge in [-0.1, -0.05) is 18.2 Å². The second-order valence-electron chi connectivity index (χ2n) is 5.97. The van der Waals surface area contributed by atoms with Crippen LogP contribution in [0.3, 0.4) is 0 Å². The Labute approximate surface area is 145 Å². The lowest BCUT2D eigenvalue weighted by Crippen LogP contribution is -2.48. The summed E-state index contributed by atoms with van der Waals surface area (Å²) >= 11 is 0. The zero-order valence-electron chi connectivity index (χ0n) is 14.3. The van der Waals surface area contributed by atoms with Gasteiger partial charge in [0.1, 0.15) is 11.5 Å². The molecule has 1 aliphatic rings. The molecule has 3 rings (SSSR count). The van der Waals surface area contributed by atoms with Crippen LogP contribution in [0.15, 0.2) is 42.5 Å². The number of ether oxygens (including phenoxy) is 3. The predicted octanol–water partition coefficient (Wildman–Crippen LogP) is 2.81. The SMILES string of the molecule is COc1ccc(NC(=O)[C@@]2(C)Cc3ccccc3C(=O)O2)c(OC)c1. The summed E-state index contributed by atoms with van der Waals surface area (Å²) in [4.78, 5) is 25.0. The molecule has 1 heterocycles. The van der Waals surface area contributed by atoms with E-state index in [1.165, 1.54) is 7.11 Å². The average Bonchev–Trinajstić information content (AvgIpc) is 2.61. The standard InChI is InChI=1S/C19H19NO5/c1-19(11-12-6-4-5-7-14(12)17(21)25-19)18(22)20-15-9-8-13(23-2)10-16(15)24-3/h4-10H,11H2,1-3H3,(H,20,22)/t19-/m1/s1. The Bertz CT molecular complexity index is 832. The maximum Gasteiger partial charge on any atom is 0.339 e. The molecule has 1 aliphatic heterocycles. The Balaban J connectivity index is 1.85. The van der Waals surface area contributed by atoms with Gasteiger partial charge >= 0.3 is 5.97 Å². The number of carbonyl (C=O) groups is 2. The van der Waals surface area contributed by atoms with Crippen LogP contribution in [0.1, 0.15) is 22.8 Å². The zero-order valence-corrected chi connectivity index (χ0v) is 14.3. The van der Waals surface area contributed by atoms with E-state index in [9.17, 15) is 9.59 Å². The molecule has 1 amide bonds. The zero-order chi connectivity index (χ0) is 18.0. The highest BCUT2D eigenvalue weighted by atomic mass is 16.6. The number of rotatable bonds is 4. The molecule has 1 atom stereocenters. The van der Waals surface area contributed by atoms with E-state index < -0.39 is 17.5 Å². The van der Waals surface area contributed by atoms with Crippen molar-refractivity contribution < 1.29 is 23.8 Å². The Hall–Kier alpha value is -3.02. The van der Waals surface area contributed by atoms with Crippen LogP contribution in [-0.2, 0) is 16.0 Å². The van der Waals surface area contributed by atoms with Crippen LogP contribution in [0, 0.1) is 0 Å². The summed E-state index contributed by atoms with van der Waals surface area (Å²) in [5.74, 6) is 0.151. The third kappa shape index (κ3) is 3.15. The number of benzene rings is 2. The van der Waals surface area contributed by atoms with E-state index in [1.807, 2.05) is 12.1 Å². The van der Waals surface area contributed by atoms with E-state index in [0.29, 0.717) is 29.2 Å². The normalized spacial score (nSPS) is 18.8. The van der Waals surface area contributed by atoms with Crippen molar-refractivity contribution in [2.24, 2.45) is 0 Å². The van der Waals surface area contributed by atoms with Crippen molar-refractivity contribution in [1.29, 1.82) is 0 Å². The van der Waals surface area contributed by atoms with Gasteiger partial charge in [0.2, 0.25) is 0 Å². The van der Waals surface area contributed by atoms with Crippen molar-refractivity contribution in [3.8, 4) is 11.5 Å². The summed E-state index contributed by atoms with van der Waals surface area (Å²) in [6.07, 6.45) is 0.305. The van der Waals surface area contributed by atoms with Gasteiger partial charge in [-0.3, -0.25) is 4.79 Å². The summed E-state index contributed by atoms with van der Waals surface area (Å²) in [6.45, 7) is 1.60. The fraction of sp³-hybridized carbons (Fsp3) is 0.263. The van der Waals surface area contributed by atoms with Crippen LogP contribution in [0.2, 0.25) is 0 Å². The molecule has 2 aromatic rings. The first-order chi connectivity index (χ1) is 12.0. The van der Waals surface area contributed by atoms with Gasteiger partial charge in [-0.05, 0) is 30.7 Å². The number of hydrogen-bond acceptors (Lipinski definition) is 5. The Morgan fingerprint density at radius 1 is 1.16 bits per heavy atom. The summed E-state index contributed by atoms with van der Waals surface area (Å²) in [5, 5.41) is 2.78. The van der Waals surface area contributed by atoms with E-state index in [-0.39, 0.29) is 0 Å². The number of anilines is 1. The van der Waals surface area contributed by atoms with Gasteiger partial charge in [-0.2, -0.15) is 0 Å². The summed E-state index contributed by atoms with van der Waals surface area (Å²) < 4.78 is 15.9. The highest BCUT2D eigenvalue weighted by molar-refractivity contribution is 6.03. The third-order valence-electron chi connectivity index (χ3n) is 4.22. The molecule has 0 unspecified atom stereocenters. The molecule has 6 heteroatoms. The average molecular weight is 341 g/mol. The predicted molar refractivity (Wildman–Crippen MR) is 92.1 cm³/mol. The largest absolute Gasteiger partial charge is 0.497 e. The number of hydrogen-bond donors (Lipinski definition) is 1. The molecular formula is C19H19NO5. The number of methoxy groups -OCH3 is 2. The van der Waals surface area contributed by atoms with Crippen molar-refractivity contribution in [2.45, 2.75) is 18.9 Å². The molecule has 0 aromatic heterocycles. The molecule has 0 radical (unpaired) electrons. The van der Waals surface area contributed by atoms with Crippen molar-refractivity contribution in [3.63, 3.8) is 0 Å². The minimum Gasteiger partial charge on any atom is -0.497 e. The van der Waals surface area contributed by atoms with E-state index in [0.717, 1.165) is 5.56 Å². The second kappa shape index (κ2) is 6.47. The Morgan fingerprint density at radius 2 is 1.92 bits per heavy atom. The first-order valence-electron chi connectivity index (χ1n) is 7.81. The minimum atomic E-state index is -1.30. The lowest BCUT2D eigenvalue weighted by atomic mass is 9.89. The molecule has 6 nitrogen and oxygen atoms in total. The molecule has 0 bridgehead atoms. The van der Waals surface area contributed by atoms with E-state index in [2.05, 4.69) is 5.32 Å². The van der Waals surface area contributed by atoms with Crippen molar-refractivity contribution in [2.75, 3.05) is 19.5 Å². The van der Waals surface area contributed by atoms with Gasteiger partial charge in [-0.25, -0.2) is 4.79 Å². The molecule has 1 N–H and O–H groups in total. The van der Waals surface area contributed by atoms with Gasteiger partial charge in [-0.15, -0.1) is 0 Å². The lowest BCUT2D eigenvalue weighted by molar-refractivity contribution is -0.134. The molecule has 25 heavy (non-hydrogen) atoms. The fourth-order valence-corrected chi connectivity index (χ4v) is 2.82. The van der Waals surface area contributed by atoms with Crippen LogP contribution in [0.5, 0.6) is 11.5 Å². The monoisotopic (exact) mass is 341 g/mol. The lowest BCUT2D eigenvalue weighted by Gasteiger charge is -2.33. The van der Waals surface area contributed by atoms with Crippen LogP contribution in [0.4, 0.5) is 5.69 Å². The first-order valence-corrected chi connectivity index (χ1v) is 7.81. The molecule has 0 saturated heterocycles. The summed E-state index contributed by atoms with van der Waals surface area (Å²) in [6, 6.07) is 12.2. The van der Waals surface area contributed by atoms with Crippen LogP contribution < -0.4 is 14.8 Å². The smallest absolute Gasteiger partial charge is 0.339 e. The van der Waals surface area contributed by atoms with Crippen molar-refractivity contribution in [3.05, 3.63) is 53.6 Å². The fourth-order valence-electron chi connectivity index (χ4n) is 2.82. The van der Waals surface area contributed by atoms with Gasteiger partial charge in [0.05, 0.1) is 25.5 Å². The first kappa shape index (κ1) is 16.8. The number of esters is 1. The number of fused-ring (bicyclic) bond motifs is 1. The molecule has 0 aliphatic carbocycles. The molecule has 0 spiro atoms. The Morgan fingerprint density at radius 3 is 2.64 bits per heavy atom. The topological polar surface area (TPSA) is 73.9 Å². The van der Waals surface area contributed by atoms with Crippen LogP contribution >= 0.6 is 0 Å². The number of nitrogens with one attached hydrogen (secondary N) is 1. The maximum absolute atomic E-state index is 12.8. The summed E-state index contributed by atoms with van der Waals surface area (Å²) in [5.41, 5.74) is 0.466. The van der Waals surface area contributed by atoms with Gasteiger partial charge in [0, 0.05) is 12.5 Å². The number of amides is 1. The van der Waals surface area contributed by atoms with Gasteiger partial charge in [0.25, 0.3) is 5.91 Å². The highest BCUT2D eigenvalue weighted by Crippen LogP contribution is 2.32. The van der Waals surface area contributed by atoms with E-state index >= 15 is 0 Å². The minimum absolute atomic E-state index is 0.305. The van der Waals surface area contributed by atoms with Gasteiger partial charge in [0.15, 0.2) is 5.60 Å². The van der Waals surface area contributed by atoms with Gasteiger partial charge < -0.3 is 19.5 Å². The third-order valence-corrected chi connectivity index (χ3v) is 4.22. The molecule has 2 aromatic carbocycles. The van der Waals surface area contributed by atoms with Crippen LogP contribution in [-0.4, -0.2) is 31.7 Å². The maximum atomic E-state index is 12.8. The number of carbonyl (C=O) groups excluding carboxylic acids is 2. The number of cyclic esters (lactones) is 1. The molecule has 0 saturated carbocycles. The summed E-state index contributed by atoms with van der Waals surface area (Å²) in [7, 11) is 3.05. The molecule has 130 valence electrons. The second-order valence-corrected chi connectivity index (χ2v) is 5.97. The van der Waals surface area contributed by atoms with Crippen molar-refractivity contribution >= 4 is 17.6 Å². The van der Waals surface area contributed by atoms with E-state index in [1.54, 1.807) is 44.4 Å².